The molecule has 116 valence electrons. The molecule has 6 nitrogen and oxygen atoms in total. The molecule has 0 unspecified atom stereocenters. The van der Waals surface area contributed by atoms with Gasteiger partial charge in [0, 0.05) is 6.92 Å². The summed E-state index contributed by atoms with van der Waals surface area (Å²) in [5.41, 5.74) is 0. The van der Waals surface area contributed by atoms with E-state index >= 15 is 0 Å². The van der Waals surface area contributed by atoms with Crippen molar-refractivity contribution >= 4 is 17.8 Å². The molecule has 0 aliphatic heterocycles. The molecule has 0 saturated carbocycles. The van der Waals surface area contributed by atoms with E-state index < -0.39 is 12.0 Å². The van der Waals surface area contributed by atoms with Crippen LogP contribution in [0.25, 0.3) is 0 Å². The Labute approximate surface area is 120 Å². The van der Waals surface area contributed by atoms with Gasteiger partial charge in [-0.2, -0.15) is 0 Å². The van der Waals surface area contributed by atoms with E-state index in [1.165, 1.54) is 6.92 Å². The Balaban J connectivity index is 4.17. The maximum absolute atomic E-state index is 11.9. The number of hydrogen-bond acceptors (Lipinski definition) is 4. The van der Waals surface area contributed by atoms with Gasteiger partial charge in [0.2, 0.25) is 11.8 Å². The Morgan fingerprint density at radius 1 is 1.20 bits per heavy atom. The van der Waals surface area contributed by atoms with E-state index in [0.29, 0.717) is 13.0 Å². The fraction of sp³-hybridized carbons (Fsp3) is 0.786. The van der Waals surface area contributed by atoms with Gasteiger partial charge < -0.3 is 15.4 Å². The molecule has 0 radical (unpaired) electrons. The quantitative estimate of drug-likeness (QED) is 0.489. The summed E-state index contributed by atoms with van der Waals surface area (Å²) in [5, 5.41) is 5.08. The van der Waals surface area contributed by atoms with E-state index in [1.54, 1.807) is 0 Å². The Hall–Kier alpha value is -1.59. The highest BCUT2D eigenvalue weighted by Crippen LogP contribution is 2.04. The van der Waals surface area contributed by atoms with E-state index in [1.807, 2.05) is 20.8 Å². The number of unbranched alkanes of at least 4 members (excludes halogenated alkanes) is 1. The van der Waals surface area contributed by atoms with Crippen molar-refractivity contribution in [1.82, 2.24) is 10.6 Å². The number of hydrogen-bond donors (Lipinski definition) is 2. The third-order valence-corrected chi connectivity index (χ3v) is 2.57. The van der Waals surface area contributed by atoms with Crippen molar-refractivity contribution in [3.05, 3.63) is 0 Å². The van der Waals surface area contributed by atoms with Crippen molar-refractivity contribution in [2.75, 3.05) is 13.2 Å². The van der Waals surface area contributed by atoms with Gasteiger partial charge in [-0.15, -0.1) is 0 Å². The van der Waals surface area contributed by atoms with Gasteiger partial charge in [0.1, 0.15) is 12.6 Å². The predicted octanol–water partition coefficient (Wildman–Crippen LogP) is 0.997. The molecule has 0 aromatic rings. The average Bonchev–Trinajstić information content (AvgIpc) is 2.34. The van der Waals surface area contributed by atoms with Gasteiger partial charge in [-0.3, -0.25) is 14.4 Å². The summed E-state index contributed by atoms with van der Waals surface area (Å²) in [7, 11) is 0. The minimum absolute atomic E-state index is 0.170. The van der Waals surface area contributed by atoms with E-state index in [-0.39, 0.29) is 24.3 Å². The monoisotopic (exact) mass is 286 g/mol. The van der Waals surface area contributed by atoms with E-state index in [4.69, 9.17) is 4.74 Å². The highest BCUT2D eigenvalue weighted by molar-refractivity contribution is 5.89. The fourth-order valence-electron chi connectivity index (χ4n) is 1.61. The van der Waals surface area contributed by atoms with Gasteiger partial charge in [0.15, 0.2) is 0 Å². The standard InChI is InChI=1S/C14H26N2O4/c1-5-6-7-20-13(18)9-15-14(19)12(8-10(2)3)16-11(4)17/h10,12H,5-9H2,1-4H3,(H,15,19)(H,16,17)/t12-/m0/s1. The van der Waals surface area contributed by atoms with Crippen LogP contribution in [0.2, 0.25) is 0 Å². The van der Waals surface area contributed by atoms with Crippen molar-refractivity contribution in [3.8, 4) is 0 Å². The summed E-state index contributed by atoms with van der Waals surface area (Å²) in [4.78, 5) is 34.3. The lowest BCUT2D eigenvalue weighted by Gasteiger charge is -2.19. The lowest BCUT2D eigenvalue weighted by molar-refractivity contribution is -0.144. The molecule has 6 heteroatoms. The molecular weight excluding hydrogens is 260 g/mol. The Bertz CT molecular complexity index is 329. The van der Waals surface area contributed by atoms with Crippen LogP contribution in [-0.2, 0) is 19.1 Å². The molecule has 0 fully saturated rings. The minimum atomic E-state index is -0.615. The molecule has 0 rings (SSSR count). The Morgan fingerprint density at radius 3 is 2.35 bits per heavy atom. The van der Waals surface area contributed by atoms with Gasteiger partial charge in [-0.25, -0.2) is 0 Å². The van der Waals surface area contributed by atoms with Crippen molar-refractivity contribution in [2.45, 2.75) is 53.0 Å². The molecule has 1 atom stereocenters. The molecule has 0 bridgehead atoms. The predicted molar refractivity (Wildman–Crippen MR) is 75.9 cm³/mol. The maximum atomic E-state index is 11.9. The molecule has 2 amide bonds. The molecule has 0 aliphatic rings. The smallest absolute Gasteiger partial charge is 0.325 e. The molecule has 0 aromatic heterocycles. The molecule has 0 aliphatic carbocycles. The first kappa shape index (κ1) is 18.4. The number of carbonyl (C=O) groups excluding carboxylic acids is 3. The van der Waals surface area contributed by atoms with Crippen molar-refractivity contribution < 1.29 is 19.1 Å². The molecule has 20 heavy (non-hydrogen) atoms. The number of amides is 2. The number of esters is 1. The molecule has 0 aromatic carbocycles. The summed E-state index contributed by atoms with van der Waals surface area (Å²) in [6, 6.07) is -0.615. The van der Waals surface area contributed by atoms with Crippen LogP contribution in [0.4, 0.5) is 0 Å². The number of nitrogens with one attached hydrogen (secondary N) is 2. The van der Waals surface area contributed by atoms with Gasteiger partial charge in [-0.05, 0) is 18.8 Å². The highest BCUT2D eigenvalue weighted by Gasteiger charge is 2.21. The first-order chi connectivity index (χ1) is 9.36. The minimum Gasteiger partial charge on any atom is -0.464 e. The van der Waals surface area contributed by atoms with Crippen LogP contribution < -0.4 is 10.6 Å². The molecular formula is C14H26N2O4. The average molecular weight is 286 g/mol. The largest absolute Gasteiger partial charge is 0.464 e. The molecule has 0 heterocycles. The first-order valence-electron chi connectivity index (χ1n) is 7.07. The second-order valence-electron chi connectivity index (χ2n) is 5.17. The van der Waals surface area contributed by atoms with Crippen LogP contribution in [0.15, 0.2) is 0 Å². The number of ether oxygens (including phenoxy) is 1. The SMILES string of the molecule is CCCCOC(=O)CNC(=O)[C@H](CC(C)C)NC(C)=O. The van der Waals surface area contributed by atoms with Crippen molar-refractivity contribution in [1.29, 1.82) is 0 Å². The van der Waals surface area contributed by atoms with E-state index in [0.717, 1.165) is 12.8 Å². The Morgan fingerprint density at radius 2 is 1.85 bits per heavy atom. The molecule has 0 spiro atoms. The molecule has 0 saturated heterocycles. The number of carbonyl (C=O) groups is 3. The lowest BCUT2D eigenvalue weighted by atomic mass is 10.0. The summed E-state index contributed by atoms with van der Waals surface area (Å²) in [6.45, 7) is 7.48. The summed E-state index contributed by atoms with van der Waals surface area (Å²) < 4.78 is 4.93. The second-order valence-corrected chi connectivity index (χ2v) is 5.17. The zero-order valence-corrected chi connectivity index (χ0v) is 12.8. The lowest BCUT2D eigenvalue weighted by Crippen LogP contribution is -2.48. The zero-order valence-electron chi connectivity index (χ0n) is 12.8. The third-order valence-electron chi connectivity index (χ3n) is 2.57. The highest BCUT2D eigenvalue weighted by atomic mass is 16.5. The third kappa shape index (κ3) is 9.35. The van der Waals surface area contributed by atoms with Crippen LogP contribution in [0.3, 0.4) is 0 Å². The number of rotatable bonds is 9. The Kier molecular flexibility index (Phi) is 9.41. The normalized spacial score (nSPS) is 11.8. The topological polar surface area (TPSA) is 84.5 Å². The van der Waals surface area contributed by atoms with E-state index in [9.17, 15) is 14.4 Å². The summed E-state index contributed by atoms with van der Waals surface area (Å²) in [6.07, 6.45) is 2.27. The van der Waals surface area contributed by atoms with Crippen LogP contribution in [0.5, 0.6) is 0 Å². The van der Waals surface area contributed by atoms with Crippen molar-refractivity contribution in [2.24, 2.45) is 5.92 Å². The second kappa shape index (κ2) is 10.2. The zero-order chi connectivity index (χ0) is 15.5. The van der Waals surface area contributed by atoms with Crippen LogP contribution in [-0.4, -0.2) is 37.0 Å². The molecule has 2 N–H and O–H groups in total. The van der Waals surface area contributed by atoms with Crippen LogP contribution >= 0.6 is 0 Å². The van der Waals surface area contributed by atoms with Crippen molar-refractivity contribution in [3.63, 3.8) is 0 Å². The van der Waals surface area contributed by atoms with E-state index in [2.05, 4.69) is 10.6 Å². The van der Waals surface area contributed by atoms with Gasteiger partial charge >= 0.3 is 5.97 Å². The van der Waals surface area contributed by atoms with Gasteiger partial charge in [0.25, 0.3) is 0 Å². The van der Waals surface area contributed by atoms with Gasteiger partial charge in [0.05, 0.1) is 6.61 Å². The summed E-state index contributed by atoms with van der Waals surface area (Å²) >= 11 is 0. The van der Waals surface area contributed by atoms with Crippen LogP contribution in [0, 0.1) is 5.92 Å². The maximum Gasteiger partial charge on any atom is 0.325 e. The summed E-state index contributed by atoms with van der Waals surface area (Å²) in [5.74, 6) is -0.829. The van der Waals surface area contributed by atoms with Crippen LogP contribution in [0.1, 0.15) is 47.0 Å². The first-order valence-corrected chi connectivity index (χ1v) is 7.07. The van der Waals surface area contributed by atoms with Gasteiger partial charge in [-0.1, -0.05) is 27.2 Å². The fourth-order valence-corrected chi connectivity index (χ4v) is 1.61.